The maximum atomic E-state index is 12.3. The molecule has 1 heterocycles. The van der Waals surface area contributed by atoms with Gasteiger partial charge in [0.1, 0.15) is 0 Å². The van der Waals surface area contributed by atoms with Crippen molar-refractivity contribution in [3.8, 4) is 0 Å². The largest absolute Gasteiger partial charge is 0.368 e. The van der Waals surface area contributed by atoms with Gasteiger partial charge in [-0.15, -0.1) is 0 Å². The molecule has 1 N–H and O–H groups in total. The number of piperazine rings is 1. The van der Waals surface area contributed by atoms with Crippen LogP contribution in [-0.2, 0) is 6.54 Å². The van der Waals surface area contributed by atoms with Gasteiger partial charge in [-0.25, -0.2) is 0 Å². The number of hydrogen-bond acceptors (Lipinski definition) is 3. The summed E-state index contributed by atoms with van der Waals surface area (Å²) in [4.78, 5) is 17.1. The molecule has 4 nitrogen and oxygen atoms in total. The fourth-order valence-corrected chi connectivity index (χ4v) is 3.58. The van der Waals surface area contributed by atoms with Gasteiger partial charge in [0.2, 0.25) is 0 Å². The van der Waals surface area contributed by atoms with E-state index in [0.29, 0.717) is 12.5 Å². The first-order chi connectivity index (χ1) is 13.0. The second kappa shape index (κ2) is 9.25. The van der Waals surface area contributed by atoms with Crippen molar-refractivity contribution in [1.82, 2.24) is 10.2 Å². The van der Waals surface area contributed by atoms with Crippen molar-refractivity contribution in [2.45, 2.75) is 20.4 Å². The molecule has 0 aliphatic carbocycles. The molecule has 0 aromatic heterocycles. The van der Waals surface area contributed by atoms with Crippen molar-refractivity contribution in [3.63, 3.8) is 0 Å². The first kappa shape index (κ1) is 19.7. The van der Waals surface area contributed by atoms with Crippen molar-refractivity contribution in [2.24, 2.45) is 5.92 Å². The highest BCUT2D eigenvalue weighted by Gasteiger charge is 2.19. The number of nitrogens with zero attached hydrogens (tertiary/aromatic N) is 2. The quantitative estimate of drug-likeness (QED) is 0.814. The molecule has 0 bridgehead atoms. The third kappa shape index (κ3) is 5.47. The van der Waals surface area contributed by atoms with E-state index >= 15 is 0 Å². The van der Waals surface area contributed by atoms with Crippen LogP contribution >= 0.6 is 11.6 Å². The predicted molar refractivity (Wildman–Crippen MR) is 113 cm³/mol. The minimum Gasteiger partial charge on any atom is -0.368 e. The molecule has 0 spiro atoms. The Bertz CT molecular complexity index is 770. The van der Waals surface area contributed by atoms with Gasteiger partial charge in [-0.2, -0.15) is 0 Å². The molecule has 1 fully saturated rings. The van der Waals surface area contributed by atoms with Crippen LogP contribution in [0.25, 0.3) is 0 Å². The van der Waals surface area contributed by atoms with Crippen LogP contribution in [-0.4, -0.2) is 43.5 Å². The number of anilines is 1. The van der Waals surface area contributed by atoms with Gasteiger partial charge >= 0.3 is 0 Å². The van der Waals surface area contributed by atoms with Gasteiger partial charge in [-0.1, -0.05) is 49.7 Å². The van der Waals surface area contributed by atoms with Gasteiger partial charge in [-0.05, 0) is 35.7 Å². The second-order valence-electron chi connectivity index (χ2n) is 7.52. The average Bonchev–Trinajstić information content (AvgIpc) is 2.67. The van der Waals surface area contributed by atoms with Gasteiger partial charge in [0, 0.05) is 44.8 Å². The summed E-state index contributed by atoms with van der Waals surface area (Å²) in [5.74, 6) is 0.459. The Kier molecular flexibility index (Phi) is 6.75. The van der Waals surface area contributed by atoms with E-state index in [1.165, 1.54) is 5.56 Å². The molecule has 2 aromatic carbocycles. The Morgan fingerprint density at radius 2 is 1.81 bits per heavy atom. The Balaban J connectivity index is 1.55. The molecule has 3 rings (SSSR count). The van der Waals surface area contributed by atoms with Gasteiger partial charge in [0.15, 0.2) is 0 Å². The van der Waals surface area contributed by atoms with Crippen LogP contribution in [0.15, 0.2) is 48.5 Å². The maximum Gasteiger partial charge on any atom is 0.251 e. The van der Waals surface area contributed by atoms with Crippen LogP contribution in [0.2, 0.25) is 5.02 Å². The first-order valence-electron chi connectivity index (χ1n) is 9.62. The Morgan fingerprint density at radius 3 is 2.52 bits per heavy atom. The van der Waals surface area contributed by atoms with E-state index in [2.05, 4.69) is 41.1 Å². The topological polar surface area (TPSA) is 35.6 Å². The van der Waals surface area contributed by atoms with Crippen LogP contribution in [0, 0.1) is 5.92 Å². The molecule has 0 saturated carbocycles. The zero-order valence-electron chi connectivity index (χ0n) is 16.1. The number of halogens is 1. The molecular weight excluding hydrogens is 358 g/mol. The molecule has 5 heteroatoms. The lowest BCUT2D eigenvalue weighted by Gasteiger charge is -2.36. The van der Waals surface area contributed by atoms with Crippen molar-refractivity contribution in [2.75, 3.05) is 37.6 Å². The van der Waals surface area contributed by atoms with Crippen molar-refractivity contribution in [3.05, 3.63) is 64.7 Å². The third-order valence-corrected chi connectivity index (χ3v) is 5.15. The van der Waals surface area contributed by atoms with E-state index in [1.54, 1.807) is 0 Å². The zero-order valence-corrected chi connectivity index (χ0v) is 16.9. The minimum absolute atomic E-state index is 0.00842. The van der Waals surface area contributed by atoms with E-state index in [1.807, 2.05) is 36.4 Å². The van der Waals surface area contributed by atoms with Crippen molar-refractivity contribution >= 4 is 23.2 Å². The molecule has 27 heavy (non-hydrogen) atoms. The standard InChI is InChI=1S/C22H28ClN3O/c1-17(2)15-24-22(27)19-7-5-6-18(14-19)16-25-10-12-26(13-11-25)21-9-4-3-8-20(21)23/h3-9,14,17H,10-13,15-16H2,1-2H3,(H,24,27). The third-order valence-electron chi connectivity index (χ3n) is 4.83. The number of amides is 1. The van der Waals surface area contributed by atoms with E-state index in [4.69, 9.17) is 11.6 Å². The SMILES string of the molecule is CC(C)CNC(=O)c1cccc(CN2CCN(c3ccccc3Cl)CC2)c1. The van der Waals surface area contributed by atoms with Crippen LogP contribution in [0.5, 0.6) is 0 Å². The fraction of sp³-hybridized carbons (Fsp3) is 0.409. The number of carbonyl (C=O) groups excluding carboxylic acids is 1. The summed E-state index contributed by atoms with van der Waals surface area (Å²) < 4.78 is 0. The summed E-state index contributed by atoms with van der Waals surface area (Å²) in [5, 5.41) is 3.80. The number of para-hydroxylation sites is 1. The summed E-state index contributed by atoms with van der Waals surface area (Å²) in [5.41, 5.74) is 3.03. The molecule has 1 amide bonds. The molecular formula is C22H28ClN3O. The number of rotatable bonds is 6. The predicted octanol–water partition coefficient (Wildman–Crippen LogP) is 4.05. The zero-order chi connectivity index (χ0) is 19.2. The van der Waals surface area contributed by atoms with Gasteiger partial charge < -0.3 is 10.2 Å². The normalized spacial score (nSPS) is 15.2. The number of carbonyl (C=O) groups is 1. The lowest BCUT2D eigenvalue weighted by Crippen LogP contribution is -2.46. The summed E-state index contributed by atoms with van der Waals surface area (Å²) in [6.07, 6.45) is 0. The molecule has 1 saturated heterocycles. The minimum atomic E-state index is 0.00842. The van der Waals surface area contributed by atoms with Crippen molar-refractivity contribution < 1.29 is 4.79 Å². The van der Waals surface area contributed by atoms with E-state index in [0.717, 1.165) is 49.0 Å². The van der Waals surface area contributed by atoms with Crippen LogP contribution in [0.1, 0.15) is 29.8 Å². The molecule has 0 radical (unpaired) electrons. The van der Waals surface area contributed by atoms with Crippen LogP contribution in [0.3, 0.4) is 0 Å². The molecule has 144 valence electrons. The number of benzene rings is 2. The first-order valence-corrected chi connectivity index (χ1v) is 9.99. The fourth-order valence-electron chi connectivity index (χ4n) is 3.32. The van der Waals surface area contributed by atoms with Crippen LogP contribution < -0.4 is 10.2 Å². The summed E-state index contributed by atoms with van der Waals surface area (Å²) >= 11 is 6.32. The van der Waals surface area contributed by atoms with E-state index in [9.17, 15) is 4.79 Å². The Morgan fingerprint density at radius 1 is 1.07 bits per heavy atom. The molecule has 0 unspecified atom stereocenters. The lowest BCUT2D eigenvalue weighted by molar-refractivity contribution is 0.0949. The Hall–Kier alpha value is -2.04. The van der Waals surface area contributed by atoms with Gasteiger partial charge in [0.25, 0.3) is 5.91 Å². The van der Waals surface area contributed by atoms with Gasteiger partial charge in [-0.3, -0.25) is 9.69 Å². The Labute approximate surface area is 167 Å². The van der Waals surface area contributed by atoms with Crippen LogP contribution in [0.4, 0.5) is 5.69 Å². The van der Waals surface area contributed by atoms with E-state index in [-0.39, 0.29) is 5.91 Å². The molecule has 1 aliphatic heterocycles. The highest BCUT2D eigenvalue weighted by atomic mass is 35.5. The monoisotopic (exact) mass is 385 g/mol. The smallest absolute Gasteiger partial charge is 0.251 e. The lowest BCUT2D eigenvalue weighted by atomic mass is 10.1. The number of nitrogens with one attached hydrogen (secondary N) is 1. The maximum absolute atomic E-state index is 12.3. The molecule has 0 atom stereocenters. The number of hydrogen-bond donors (Lipinski definition) is 1. The summed E-state index contributed by atoms with van der Waals surface area (Å²) in [6.45, 7) is 9.63. The highest BCUT2D eigenvalue weighted by Crippen LogP contribution is 2.26. The second-order valence-corrected chi connectivity index (χ2v) is 7.93. The average molecular weight is 386 g/mol. The van der Waals surface area contributed by atoms with E-state index < -0.39 is 0 Å². The summed E-state index contributed by atoms with van der Waals surface area (Å²) in [7, 11) is 0. The molecule has 2 aromatic rings. The molecule has 1 aliphatic rings. The summed E-state index contributed by atoms with van der Waals surface area (Å²) in [6, 6.07) is 16.0. The van der Waals surface area contributed by atoms with Crippen molar-refractivity contribution in [1.29, 1.82) is 0 Å². The van der Waals surface area contributed by atoms with Gasteiger partial charge in [0.05, 0.1) is 10.7 Å². The highest BCUT2D eigenvalue weighted by molar-refractivity contribution is 6.33.